The molecule has 0 spiro atoms. The van der Waals surface area contributed by atoms with Crippen LogP contribution >= 0.6 is 22.9 Å². The van der Waals surface area contributed by atoms with E-state index in [-0.39, 0.29) is 12.2 Å². The molecule has 0 radical (unpaired) electrons. The third kappa shape index (κ3) is 4.38. The van der Waals surface area contributed by atoms with Crippen molar-refractivity contribution in [2.75, 3.05) is 6.61 Å². The molecule has 4 aromatic rings. The van der Waals surface area contributed by atoms with Crippen LogP contribution < -0.4 is 14.9 Å². The molecule has 5 rings (SSSR count). The van der Waals surface area contributed by atoms with Gasteiger partial charge in [-0.2, -0.15) is 0 Å². The maximum atomic E-state index is 13.7. The summed E-state index contributed by atoms with van der Waals surface area (Å²) in [5.74, 6) is -0.496. The minimum Gasteiger partial charge on any atom is -0.463 e. The summed E-state index contributed by atoms with van der Waals surface area (Å²) in [6, 6.07) is 25.6. The highest BCUT2D eigenvalue weighted by molar-refractivity contribution is 7.07. The van der Waals surface area contributed by atoms with Gasteiger partial charge in [-0.15, -0.1) is 0 Å². The summed E-state index contributed by atoms with van der Waals surface area (Å²) in [6.07, 6.45) is 1.77. The molecular weight excluding hydrogens is 480 g/mol. The lowest BCUT2D eigenvalue weighted by atomic mass is 9.93. The van der Waals surface area contributed by atoms with Crippen LogP contribution in [0.3, 0.4) is 0 Å². The van der Waals surface area contributed by atoms with Crippen molar-refractivity contribution in [2.45, 2.75) is 13.0 Å². The summed E-state index contributed by atoms with van der Waals surface area (Å²) in [6.45, 7) is 1.97. The standard InChI is InChI=1S/C28H21ClN2O3S/c1-2-34-27(33)23-24(18-11-5-3-6-12-18)30-28-31(25(23)19-13-7-4-8-14-19)26(32)22(35-28)17-20-15-9-10-16-21(20)29/h3-17,25H,2H2,1H3/b22-17+/t25-/m0/s1. The summed E-state index contributed by atoms with van der Waals surface area (Å²) in [7, 11) is 0. The first-order valence-corrected chi connectivity index (χ1v) is 12.4. The number of hydrogen-bond donors (Lipinski definition) is 0. The fraction of sp³-hybridized carbons (Fsp3) is 0.107. The van der Waals surface area contributed by atoms with Crippen LogP contribution in [0.5, 0.6) is 0 Å². The largest absolute Gasteiger partial charge is 0.463 e. The number of thiazole rings is 1. The molecule has 0 N–H and O–H groups in total. The van der Waals surface area contributed by atoms with Crippen molar-refractivity contribution in [3.8, 4) is 0 Å². The van der Waals surface area contributed by atoms with Gasteiger partial charge in [-0.1, -0.05) is 102 Å². The zero-order valence-corrected chi connectivity index (χ0v) is 20.4. The van der Waals surface area contributed by atoms with Gasteiger partial charge < -0.3 is 4.74 Å². The van der Waals surface area contributed by atoms with Crippen molar-refractivity contribution in [2.24, 2.45) is 4.99 Å². The van der Waals surface area contributed by atoms with Crippen LogP contribution in [0.2, 0.25) is 5.02 Å². The van der Waals surface area contributed by atoms with E-state index in [2.05, 4.69) is 0 Å². The molecule has 7 heteroatoms. The van der Waals surface area contributed by atoms with Gasteiger partial charge in [0.05, 0.1) is 28.5 Å². The SMILES string of the molecule is CCOC(=O)C1=C(c2ccccc2)N=c2s/c(=C/c3ccccc3Cl)c(=O)n2[C@H]1c1ccccc1. The molecule has 1 atom stereocenters. The molecule has 0 saturated heterocycles. The second kappa shape index (κ2) is 9.86. The van der Waals surface area contributed by atoms with Gasteiger partial charge in [0.1, 0.15) is 0 Å². The molecule has 174 valence electrons. The predicted octanol–water partition coefficient (Wildman–Crippen LogP) is 4.59. The van der Waals surface area contributed by atoms with Crippen LogP contribution in [0.4, 0.5) is 0 Å². The minimum atomic E-state index is -0.685. The van der Waals surface area contributed by atoms with E-state index in [4.69, 9.17) is 21.3 Å². The quantitative estimate of drug-likeness (QED) is 0.377. The Kier molecular flexibility index (Phi) is 6.49. The fourth-order valence-electron chi connectivity index (χ4n) is 4.12. The predicted molar refractivity (Wildman–Crippen MR) is 139 cm³/mol. The smallest absolute Gasteiger partial charge is 0.338 e. The topological polar surface area (TPSA) is 60.7 Å². The van der Waals surface area contributed by atoms with Gasteiger partial charge in [-0.05, 0) is 30.2 Å². The Morgan fingerprint density at radius 2 is 1.69 bits per heavy atom. The monoisotopic (exact) mass is 500 g/mol. The van der Waals surface area contributed by atoms with Crippen LogP contribution in [0.25, 0.3) is 11.8 Å². The van der Waals surface area contributed by atoms with E-state index in [9.17, 15) is 9.59 Å². The van der Waals surface area contributed by atoms with E-state index in [1.165, 1.54) is 11.3 Å². The Hall–Kier alpha value is -3.74. The summed E-state index contributed by atoms with van der Waals surface area (Å²) in [5.41, 5.74) is 2.91. The summed E-state index contributed by atoms with van der Waals surface area (Å²) in [4.78, 5) is 32.4. The molecule has 0 bridgehead atoms. The number of carbonyl (C=O) groups excluding carboxylic acids is 1. The molecule has 1 aliphatic rings. The number of ether oxygens (including phenoxy) is 1. The Morgan fingerprint density at radius 3 is 2.37 bits per heavy atom. The Bertz CT molecular complexity index is 1610. The van der Waals surface area contributed by atoms with Gasteiger partial charge in [0.2, 0.25) is 0 Å². The first-order valence-electron chi connectivity index (χ1n) is 11.2. The first-order chi connectivity index (χ1) is 17.1. The first kappa shape index (κ1) is 23.0. The highest BCUT2D eigenvalue weighted by Crippen LogP contribution is 2.35. The van der Waals surface area contributed by atoms with Crippen molar-refractivity contribution < 1.29 is 9.53 Å². The van der Waals surface area contributed by atoms with E-state index in [0.717, 1.165) is 16.7 Å². The number of nitrogens with zero attached hydrogens (tertiary/aromatic N) is 2. The lowest BCUT2D eigenvalue weighted by molar-refractivity contribution is -0.138. The third-order valence-electron chi connectivity index (χ3n) is 5.68. The van der Waals surface area contributed by atoms with Gasteiger partial charge in [0, 0.05) is 10.6 Å². The zero-order chi connectivity index (χ0) is 24.4. The molecule has 35 heavy (non-hydrogen) atoms. The number of benzene rings is 3. The van der Waals surface area contributed by atoms with E-state index < -0.39 is 12.0 Å². The van der Waals surface area contributed by atoms with Crippen molar-refractivity contribution >= 4 is 40.7 Å². The van der Waals surface area contributed by atoms with Crippen molar-refractivity contribution in [1.29, 1.82) is 0 Å². The summed E-state index contributed by atoms with van der Waals surface area (Å²) in [5, 5.41) is 0.551. The van der Waals surface area contributed by atoms with E-state index in [0.29, 0.717) is 25.6 Å². The Morgan fingerprint density at radius 1 is 1.03 bits per heavy atom. The van der Waals surface area contributed by atoms with Gasteiger partial charge in [-0.25, -0.2) is 9.79 Å². The van der Waals surface area contributed by atoms with Crippen LogP contribution in [-0.4, -0.2) is 17.1 Å². The average Bonchev–Trinajstić information content (AvgIpc) is 3.20. The average molecular weight is 501 g/mol. The highest BCUT2D eigenvalue weighted by atomic mass is 35.5. The second-order valence-corrected chi connectivity index (χ2v) is 9.28. The number of halogens is 1. The van der Waals surface area contributed by atoms with Crippen molar-refractivity contribution in [3.63, 3.8) is 0 Å². The summed E-state index contributed by atoms with van der Waals surface area (Å²) < 4.78 is 7.53. The summed E-state index contributed by atoms with van der Waals surface area (Å²) >= 11 is 7.62. The number of carbonyl (C=O) groups is 1. The van der Waals surface area contributed by atoms with Crippen LogP contribution in [0.1, 0.15) is 29.7 Å². The number of fused-ring (bicyclic) bond motifs is 1. The van der Waals surface area contributed by atoms with E-state index >= 15 is 0 Å². The van der Waals surface area contributed by atoms with Gasteiger partial charge in [0.25, 0.3) is 5.56 Å². The molecular formula is C28H21ClN2O3S. The van der Waals surface area contributed by atoms with Gasteiger partial charge in [-0.3, -0.25) is 9.36 Å². The molecule has 0 aliphatic carbocycles. The molecule has 2 heterocycles. The fourth-order valence-corrected chi connectivity index (χ4v) is 5.31. The number of hydrogen-bond acceptors (Lipinski definition) is 5. The molecule has 5 nitrogen and oxygen atoms in total. The third-order valence-corrected chi connectivity index (χ3v) is 7.01. The number of rotatable bonds is 5. The maximum absolute atomic E-state index is 13.7. The van der Waals surface area contributed by atoms with Gasteiger partial charge in [0.15, 0.2) is 4.80 Å². The molecule has 0 saturated carbocycles. The molecule has 3 aromatic carbocycles. The molecule has 0 fully saturated rings. The molecule has 1 aromatic heterocycles. The van der Waals surface area contributed by atoms with Crippen molar-refractivity contribution in [1.82, 2.24) is 4.57 Å². The number of aromatic nitrogens is 1. The number of esters is 1. The Labute approximate surface area is 210 Å². The molecule has 1 aliphatic heterocycles. The zero-order valence-electron chi connectivity index (χ0n) is 18.9. The maximum Gasteiger partial charge on any atom is 0.338 e. The lowest BCUT2D eigenvalue weighted by Crippen LogP contribution is -2.40. The van der Waals surface area contributed by atoms with E-state index in [1.54, 1.807) is 23.6 Å². The van der Waals surface area contributed by atoms with Crippen LogP contribution in [0, 0.1) is 0 Å². The van der Waals surface area contributed by atoms with Gasteiger partial charge >= 0.3 is 5.97 Å². The van der Waals surface area contributed by atoms with Crippen LogP contribution in [0.15, 0.2) is 100 Å². The van der Waals surface area contributed by atoms with E-state index in [1.807, 2.05) is 78.9 Å². The second-order valence-electron chi connectivity index (χ2n) is 7.86. The Balaban J connectivity index is 1.84. The normalized spacial score (nSPS) is 15.5. The molecule has 0 amide bonds. The highest BCUT2D eigenvalue weighted by Gasteiger charge is 2.35. The van der Waals surface area contributed by atoms with Crippen LogP contribution in [-0.2, 0) is 9.53 Å². The molecule has 0 unspecified atom stereocenters. The van der Waals surface area contributed by atoms with Crippen molar-refractivity contribution in [3.05, 3.63) is 132 Å². The lowest BCUT2D eigenvalue weighted by Gasteiger charge is -2.25. The minimum absolute atomic E-state index is 0.211.